The number of rotatable bonds is 3. The Labute approximate surface area is 86.8 Å². The second-order valence-electron chi connectivity index (χ2n) is 2.68. The molecule has 0 aliphatic carbocycles. The van der Waals surface area contributed by atoms with Crippen molar-refractivity contribution < 1.29 is 27.0 Å². The molecule has 4 nitrogen and oxygen atoms in total. The highest BCUT2D eigenvalue weighted by Crippen LogP contribution is 2.32. The summed E-state index contributed by atoms with van der Waals surface area (Å²) in [6, 6.07) is 0. The van der Waals surface area contributed by atoms with Crippen molar-refractivity contribution in [3.05, 3.63) is 22.1 Å². The number of pyridine rings is 1. The molecule has 0 bridgehead atoms. The second kappa shape index (κ2) is 4.42. The first-order valence-electron chi connectivity index (χ1n) is 3.99. The largest absolute Gasteiger partial charge is 0.573 e. The van der Waals surface area contributed by atoms with E-state index in [1.54, 1.807) is 0 Å². The van der Waals surface area contributed by atoms with Crippen LogP contribution < -0.4 is 15.0 Å². The van der Waals surface area contributed by atoms with Crippen molar-refractivity contribution in [3.8, 4) is 11.5 Å². The van der Waals surface area contributed by atoms with E-state index in [0.717, 1.165) is 7.11 Å². The minimum absolute atomic E-state index is 0.552. The van der Waals surface area contributed by atoms with Crippen LogP contribution >= 0.6 is 0 Å². The lowest BCUT2D eigenvalue weighted by atomic mass is 10.2. The molecular formula is C8H7F4NO3. The molecule has 0 aromatic carbocycles. The predicted molar refractivity (Wildman–Crippen MR) is 45.1 cm³/mol. The molecule has 0 spiro atoms. The Kier molecular flexibility index (Phi) is 3.41. The molecule has 1 aromatic heterocycles. The van der Waals surface area contributed by atoms with E-state index >= 15 is 0 Å². The molecule has 0 unspecified atom stereocenters. The number of alkyl halides is 4. The van der Waals surface area contributed by atoms with Crippen LogP contribution in [0.1, 0.15) is 5.56 Å². The van der Waals surface area contributed by atoms with Gasteiger partial charge in [-0.2, -0.15) is 0 Å². The molecule has 1 aromatic rings. The fraction of sp³-hybridized carbons (Fsp3) is 0.375. The zero-order valence-electron chi connectivity index (χ0n) is 8.02. The fourth-order valence-corrected chi connectivity index (χ4v) is 1.08. The van der Waals surface area contributed by atoms with E-state index in [2.05, 4.69) is 9.47 Å². The average Bonchev–Trinajstić information content (AvgIpc) is 2.18. The van der Waals surface area contributed by atoms with Gasteiger partial charge in [0.25, 0.3) is 5.56 Å². The molecule has 0 fully saturated rings. The summed E-state index contributed by atoms with van der Waals surface area (Å²) < 4.78 is 56.3. The zero-order valence-corrected chi connectivity index (χ0v) is 8.02. The molecule has 0 saturated heterocycles. The van der Waals surface area contributed by atoms with Gasteiger partial charge in [-0.25, -0.2) is 4.39 Å². The first-order chi connectivity index (χ1) is 7.39. The molecule has 1 rings (SSSR count). The summed E-state index contributed by atoms with van der Waals surface area (Å²) in [6.45, 7) is -1.26. The third kappa shape index (κ3) is 2.65. The SMILES string of the molecule is COc1c(OC(F)(F)F)c[nH]c(=O)c1CF. The second-order valence-corrected chi connectivity index (χ2v) is 2.68. The summed E-state index contributed by atoms with van der Waals surface area (Å²) in [4.78, 5) is 13.0. The van der Waals surface area contributed by atoms with Crippen molar-refractivity contribution in [1.82, 2.24) is 4.98 Å². The highest BCUT2D eigenvalue weighted by atomic mass is 19.4. The van der Waals surface area contributed by atoms with Gasteiger partial charge in [0.1, 0.15) is 6.67 Å². The van der Waals surface area contributed by atoms with Crippen LogP contribution in [0.2, 0.25) is 0 Å². The first-order valence-corrected chi connectivity index (χ1v) is 3.99. The number of hydrogen-bond acceptors (Lipinski definition) is 3. The fourth-order valence-electron chi connectivity index (χ4n) is 1.08. The molecule has 0 saturated carbocycles. The third-order valence-corrected chi connectivity index (χ3v) is 1.67. The van der Waals surface area contributed by atoms with Gasteiger partial charge in [-0.1, -0.05) is 0 Å². The lowest BCUT2D eigenvalue weighted by Crippen LogP contribution is -2.20. The number of H-pyrrole nitrogens is 1. The zero-order chi connectivity index (χ0) is 12.3. The van der Waals surface area contributed by atoms with Crippen molar-refractivity contribution in [2.24, 2.45) is 0 Å². The molecule has 0 atom stereocenters. The van der Waals surface area contributed by atoms with Gasteiger partial charge in [-0.15, -0.1) is 13.2 Å². The van der Waals surface area contributed by atoms with E-state index in [1.165, 1.54) is 0 Å². The molecule has 0 aliphatic heterocycles. The van der Waals surface area contributed by atoms with Crippen molar-refractivity contribution in [1.29, 1.82) is 0 Å². The molecule has 16 heavy (non-hydrogen) atoms. The van der Waals surface area contributed by atoms with E-state index in [9.17, 15) is 22.4 Å². The van der Waals surface area contributed by atoms with Crippen LogP contribution in [0.5, 0.6) is 11.5 Å². The summed E-state index contributed by atoms with van der Waals surface area (Å²) in [5, 5.41) is 0. The Morgan fingerprint density at radius 2 is 2.06 bits per heavy atom. The Morgan fingerprint density at radius 3 is 2.50 bits per heavy atom. The van der Waals surface area contributed by atoms with Crippen molar-refractivity contribution >= 4 is 0 Å². The maximum Gasteiger partial charge on any atom is 0.573 e. The summed E-state index contributed by atoms with van der Waals surface area (Å²) >= 11 is 0. The van der Waals surface area contributed by atoms with E-state index in [1.807, 2.05) is 4.98 Å². The smallest absolute Gasteiger partial charge is 0.492 e. The lowest BCUT2D eigenvalue weighted by molar-refractivity contribution is -0.275. The van der Waals surface area contributed by atoms with Gasteiger partial charge >= 0.3 is 6.36 Å². The van der Waals surface area contributed by atoms with Crippen LogP contribution in [0.4, 0.5) is 17.6 Å². The number of nitrogens with one attached hydrogen (secondary N) is 1. The normalized spacial score (nSPS) is 11.3. The predicted octanol–water partition coefficient (Wildman–Crippen LogP) is 1.75. The number of aromatic amines is 1. The molecule has 0 amide bonds. The van der Waals surface area contributed by atoms with Crippen LogP contribution in [-0.4, -0.2) is 18.5 Å². The maximum atomic E-state index is 12.4. The summed E-state index contributed by atoms with van der Waals surface area (Å²) in [7, 11) is 1.01. The van der Waals surface area contributed by atoms with Gasteiger partial charge < -0.3 is 14.5 Å². The maximum absolute atomic E-state index is 12.4. The minimum Gasteiger partial charge on any atom is -0.492 e. The molecule has 1 heterocycles. The number of ether oxygens (including phenoxy) is 2. The average molecular weight is 241 g/mol. The van der Waals surface area contributed by atoms with Gasteiger partial charge in [-0.05, 0) is 0 Å². The number of aromatic nitrogens is 1. The molecule has 90 valence electrons. The standard InChI is InChI=1S/C8H7F4NO3/c1-15-6-4(2-9)7(14)13-3-5(6)16-8(10,11)12/h3H,2H2,1H3,(H,13,14). The van der Waals surface area contributed by atoms with Crippen molar-refractivity contribution in [3.63, 3.8) is 0 Å². The van der Waals surface area contributed by atoms with Crippen LogP contribution in [-0.2, 0) is 6.67 Å². The molecule has 0 aliphatic rings. The van der Waals surface area contributed by atoms with Gasteiger partial charge in [0.2, 0.25) is 0 Å². The Morgan fingerprint density at radius 1 is 1.44 bits per heavy atom. The Bertz CT molecular complexity index is 426. The van der Waals surface area contributed by atoms with Crippen molar-refractivity contribution in [2.75, 3.05) is 7.11 Å². The minimum atomic E-state index is -4.95. The monoisotopic (exact) mass is 241 g/mol. The highest BCUT2D eigenvalue weighted by Gasteiger charge is 2.33. The lowest BCUT2D eigenvalue weighted by Gasteiger charge is -2.13. The molecule has 1 N–H and O–H groups in total. The van der Waals surface area contributed by atoms with Gasteiger partial charge in [0, 0.05) is 0 Å². The van der Waals surface area contributed by atoms with Crippen LogP contribution in [0.25, 0.3) is 0 Å². The van der Waals surface area contributed by atoms with Gasteiger partial charge in [0.05, 0.1) is 18.9 Å². The molecule has 0 radical (unpaired) electrons. The third-order valence-electron chi connectivity index (χ3n) is 1.67. The number of hydrogen-bond donors (Lipinski definition) is 1. The van der Waals surface area contributed by atoms with E-state index in [-0.39, 0.29) is 0 Å². The topological polar surface area (TPSA) is 51.3 Å². The summed E-state index contributed by atoms with van der Waals surface area (Å²) in [5.74, 6) is -1.36. The highest BCUT2D eigenvalue weighted by molar-refractivity contribution is 5.43. The Balaban J connectivity index is 3.25. The Hall–Kier alpha value is -1.73. The molecule has 8 heteroatoms. The quantitative estimate of drug-likeness (QED) is 0.820. The van der Waals surface area contributed by atoms with E-state index in [0.29, 0.717) is 6.20 Å². The number of halogens is 4. The van der Waals surface area contributed by atoms with E-state index < -0.39 is 35.7 Å². The summed E-state index contributed by atoms with van der Waals surface area (Å²) in [6.07, 6.45) is -4.28. The van der Waals surface area contributed by atoms with Gasteiger partial charge in [-0.3, -0.25) is 4.79 Å². The van der Waals surface area contributed by atoms with Crippen LogP contribution in [0.3, 0.4) is 0 Å². The van der Waals surface area contributed by atoms with Crippen LogP contribution in [0, 0.1) is 0 Å². The van der Waals surface area contributed by atoms with Crippen molar-refractivity contribution in [2.45, 2.75) is 13.0 Å². The molecular weight excluding hydrogens is 234 g/mol. The van der Waals surface area contributed by atoms with Crippen LogP contribution in [0.15, 0.2) is 11.0 Å². The summed E-state index contributed by atoms with van der Waals surface area (Å²) in [5.41, 5.74) is -1.42. The van der Waals surface area contributed by atoms with Gasteiger partial charge in [0.15, 0.2) is 11.5 Å². The van der Waals surface area contributed by atoms with E-state index in [4.69, 9.17) is 0 Å². The first kappa shape index (κ1) is 12.3. The number of methoxy groups -OCH3 is 1.